The van der Waals surface area contributed by atoms with E-state index in [4.69, 9.17) is 4.18 Å². The predicted molar refractivity (Wildman–Crippen MR) is 75.2 cm³/mol. The van der Waals surface area contributed by atoms with Gasteiger partial charge in [-0.3, -0.25) is 0 Å². The van der Waals surface area contributed by atoms with E-state index in [1.807, 2.05) is 0 Å². The van der Waals surface area contributed by atoms with E-state index in [0.717, 1.165) is 17.7 Å². The fraction of sp³-hybridized carbons (Fsp3) is 0.200. The lowest BCUT2D eigenvalue weighted by Gasteiger charge is -2.15. The Morgan fingerprint density at radius 1 is 0.955 bits per heavy atom. The molecule has 0 aliphatic heterocycles. The van der Waals surface area contributed by atoms with E-state index in [0.29, 0.717) is 11.6 Å². The summed E-state index contributed by atoms with van der Waals surface area (Å²) in [5.74, 6) is 0.0111. The number of halogens is 3. The van der Waals surface area contributed by atoms with Crippen molar-refractivity contribution in [2.75, 3.05) is 0 Å². The number of aryl methyl sites for hydroxylation is 1. The second-order valence-corrected chi connectivity index (χ2v) is 6.24. The Balaban J connectivity index is 2.51. The SMILES string of the molecule is Cc1cccc(OS(=O)(=O)c2ccccc2C(F)(F)F)c1C. The smallest absolute Gasteiger partial charge is 0.379 e. The van der Waals surface area contributed by atoms with E-state index < -0.39 is 26.8 Å². The summed E-state index contributed by atoms with van der Waals surface area (Å²) in [5, 5.41) is 0. The molecule has 2 rings (SSSR count). The maximum atomic E-state index is 12.9. The van der Waals surface area contributed by atoms with Gasteiger partial charge in [-0.2, -0.15) is 21.6 Å². The average molecular weight is 330 g/mol. The van der Waals surface area contributed by atoms with E-state index in [1.165, 1.54) is 12.1 Å². The molecule has 0 atom stereocenters. The van der Waals surface area contributed by atoms with Crippen LogP contribution in [-0.4, -0.2) is 8.42 Å². The molecule has 0 aliphatic rings. The molecule has 0 saturated carbocycles. The molecular weight excluding hydrogens is 317 g/mol. The zero-order valence-electron chi connectivity index (χ0n) is 11.8. The van der Waals surface area contributed by atoms with Crippen molar-refractivity contribution in [2.45, 2.75) is 24.9 Å². The lowest BCUT2D eigenvalue weighted by atomic mass is 10.1. The van der Waals surface area contributed by atoms with Gasteiger partial charge in [-0.25, -0.2) is 0 Å². The number of alkyl halides is 3. The average Bonchev–Trinajstić information content (AvgIpc) is 2.43. The van der Waals surface area contributed by atoms with Crippen molar-refractivity contribution in [1.82, 2.24) is 0 Å². The van der Waals surface area contributed by atoms with Gasteiger partial charge in [0.05, 0.1) is 5.56 Å². The Bertz CT molecular complexity index is 796. The molecule has 2 aromatic rings. The molecule has 0 saturated heterocycles. The van der Waals surface area contributed by atoms with Crippen molar-refractivity contribution in [3.8, 4) is 5.75 Å². The van der Waals surface area contributed by atoms with Crippen LogP contribution in [0.2, 0.25) is 0 Å². The largest absolute Gasteiger partial charge is 0.417 e. The minimum Gasteiger partial charge on any atom is -0.379 e. The molecule has 0 bridgehead atoms. The summed E-state index contributed by atoms with van der Waals surface area (Å²) in [4.78, 5) is -0.900. The van der Waals surface area contributed by atoms with Crippen molar-refractivity contribution >= 4 is 10.1 Å². The van der Waals surface area contributed by atoms with Gasteiger partial charge in [0.1, 0.15) is 10.6 Å². The van der Waals surface area contributed by atoms with Crippen LogP contribution in [0.25, 0.3) is 0 Å². The van der Waals surface area contributed by atoms with E-state index in [1.54, 1.807) is 26.0 Å². The highest BCUT2D eigenvalue weighted by Gasteiger charge is 2.37. The molecule has 0 N–H and O–H groups in total. The molecule has 22 heavy (non-hydrogen) atoms. The van der Waals surface area contributed by atoms with Crippen LogP contribution in [0.4, 0.5) is 13.2 Å². The molecule has 2 aromatic carbocycles. The number of hydrogen-bond donors (Lipinski definition) is 0. The highest BCUT2D eigenvalue weighted by atomic mass is 32.2. The summed E-state index contributed by atoms with van der Waals surface area (Å²) in [6, 6.07) is 8.65. The lowest BCUT2D eigenvalue weighted by molar-refractivity contribution is -0.139. The van der Waals surface area contributed by atoms with Crippen LogP contribution in [0.15, 0.2) is 47.4 Å². The predicted octanol–water partition coefficient (Wildman–Crippen LogP) is 4.09. The van der Waals surface area contributed by atoms with Crippen LogP contribution in [-0.2, 0) is 16.3 Å². The van der Waals surface area contributed by atoms with Crippen LogP contribution in [0.5, 0.6) is 5.75 Å². The normalized spacial score (nSPS) is 12.2. The number of rotatable bonds is 3. The van der Waals surface area contributed by atoms with E-state index in [-0.39, 0.29) is 5.75 Å². The maximum Gasteiger partial charge on any atom is 0.417 e. The summed E-state index contributed by atoms with van der Waals surface area (Å²) in [6.45, 7) is 3.38. The van der Waals surface area contributed by atoms with Crippen molar-refractivity contribution in [1.29, 1.82) is 0 Å². The summed E-state index contributed by atoms with van der Waals surface area (Å²) >= 11 is 0. The Kier molecular flexibility index (Phi) is 4.19. The molecule has 0 aromatic heterocycles. The van der Waals surface area contributed by atoms with Crippen molar-refractivity contribution in [3.05, 3.63) is 59.2 Å². The van der Waals surface area contributed by atoms with Crippen LogP contribution in [0, 0.1) is 13.8 Å². The summed E-state index contributed by atoms with van der Waals surface area (Å²) < 4.78 is 68.2. The molecule has 0 unspecified atom stereocenters. The zero-order valence-corrected chi connectivity index (χ0v) is 12.6. The van der Waals surface area contributed by atoms with Gasteiger partial charge in [0.2, 0.25) is 0 Å². The van der Waals surface area contributed by atoms with E-state index in [9.17, 15) is 21.6 Å². The summed E-state index contributed by atoms with van der Waals surface area (Å²) in [6.07, 6.45) is -4.78. The van der Waals surface area contributed by atoms with Crippen molar-refractivity contribution in [2.24, 2.45) is 0 Å². The minimum atomic E-state index is -4.78. The highest BCUT2D eigenvalue weighted by Crippen LogP contribution is 2.35. The molecule has 7 heteroatoms. The Labute approximate surface area is 126 Å². The first-order valence-electron chi connectivity index (χ1n) is 6.30. The van der Waals surface area contributed by atoms with Gasteiger partial charge in [-0.15, -0.1) is 0 Å². The lowest BCUT2D eigenvalue weighted by Crippen LogP contribution is -2.17. The van der Waals surface area contributed by atoms with Crippen LogP contribution in [0.3, 0.4) is 0 Å². The zero-order chi connectivity index (χ0) is 16.5. The molecule has 0 fully saturated rings. The van der Waals surface area contributed by atoms with Gasteiger partial charge in [-0.05, 0) is 43.2 Å². The molecule has 3 nitrogen and oxygen atoms in total. The van der Waals surface area contributed by atoms with Gasteiger partial charge >= 0.3 is 16.3 Å². The topological polar surface area (TPSA) is 43.4 Å². The second-order valence-electron chi connectivity index (χ2n) is 4.73. The summed E-state index contributed by atoms with van der Waals surface area (Å²) in [7, 11) is -4.59. The van der Waals surface area contributed by atoms with Gasteiger partial charge < -0.3 is 4.18 Å². The molecule has 0 heterocycles. The molecule has 118 valence electrons. The first kappa shape index (κ1) is 16.4. The van der Waals surface area contributed by atoms with Crippen molar-refractivity contribution in [3.63, 3.8) is 0 Å². The Morgan fingerprint density at radius 2 is 1.59 bits per heavy atom. The van der Waals surface area contributed by atoms with Crippen LogP contribution in [0.1, 0.15) is 16.7 Å². The monoisotopic (exact) mass is 330 g/mol. The fourth-order valence-corrected chi connectivity index (χ4v) is 3.10. The fourth-order valence-electron chi connectivity index (χ4n) is 1.90. The van der Waals surface area contributed by atoms with Crippen molar-refractivity contribution < 1.29 is 25.8 Å². The third-order valence-corrected chi connectivity index (χ3v) is 4.51. The van der Waals surface area contributed by atoms with E-state index >= 15 is 0 Å². The third kappa shape index (κ3) is 3.24. The summed E-state index contributed by atoms with van der Waals surface area (Å²) in [5.41, 5.74) is 0.0766. The van der Waals surface area contributed by atoms with Crippen LogP contribution >= 0.6 is 0 Å². The molecule has 0 aliphatic carbocycles. The van der Waals surface area contributed by atoms with Gasteiger partial charge in [0.15, 0.2) is 0 Å². The third-order valence-electron chi connectivity index (χ3n) is 3.22. The Morgan fingerprint density at radius 3 is 2.23 bits per heavy atom. The highest BCUT2D eigenvalue weighted by molar-refractivity contribution is 7.87. The quantitative estimate of drug-likeness (QED) is 0.796. The molecule has 0 radical (unpaired) electrons. The van der Waals surface area contributed by atoms with Gasteiger partial charge in [0.25, 0.3) is 0 Å². The van der Waals surface area contributed by atoms with Crippen LogP contribution < -0.4 is 4.18 Å². The molecule has 0 spiro atoms. The van der Waals surface area contributed by atoms with Gasteiger partial charge in [-0.1, -0.05) is 24.3 Å². The standard InChI is InChI=1S/C15H13F3O3S/c1-10-6-5-8-13(11(10)2)21-22(19,20)14-9-4-3-7-12(14)15(16,17)18/h3-9H,1-2H3. The van der Waals surface area contributed by atoms with Gasteiger partial charge in [0, 0.05) is 0 Å². The number of benzene rings is 2. The molecular formula is C15H13F3O3S. The maximum absolute atomic E-state index is 12.9. The first-order chi connectivity index (χ1) is 10.1. The number of hydrogen-bond acceptors (Lipinski definition) is 3. The van der Waals surface area contributed by atoms with E-state index in [2.05, 4.69) is 0 Å². The molecule has 0 amide bonds. The second kappa shape index (κ2) is 5.64. The first-order valence-corrected chi connectivity index (χ1v) is 7.70. The minimum absolute atomic E-state index is 0.0111. The Hall–Kier alpha value is -2.02.